The highest BCUT2D eigenvalue weighted by Gasteiger charge is 2.32. The highest BCUT2D eigenvalue weighted by molar-refractivity contribution is 14.0. The first kappa shape index (κ1) is 23.8. The van der Waals surface area contributed by atoms with Crippen LogP contribution in [-0.4, -0.2) is 23.9 Å². The minimum Gasteiger partial charge on any atom is -0.477 e. The lowest BCUT2D eigenvalue weighted by atomic mass is 10.2. The monoisotopic (exact) mass is 510 g/mol. The average Bonchev–Trinajstić information content (AvgIpc) is 2.61. The molecule has 0 saturated carbocycles. The van der Waals surface area contributed by atoms with Gasteiger partial charge in [-0.15, -0.1) is 37.1 Å². The molecule has 1 aromatic carbocycles. The predicted molar refractivity (Wildman–Crippen MR) is 112 cm³/mol. The molecule has 0 fully saturated rings. The molecule has 1 heterocycles. The number of anilines is 1. The zero-order chi connectivity index (χ0) is 19.7. The molecule has 2 aromatic rings. The summed E-state index contributed by atoms with van der Waals surface area (Å²) in [6, 6.07) is 9.12. The maximum absolute atomic E-state index is 12.5. The van der Waals surface area contributed by atoms with Crippen molar-refractivity contribution in [1.82, 2.24) is 4.98 Å². The van der Waals surface area contributed by atoms with Crippen LogP contribution in [0.2, 0.25) is 0 Å². The first-order valence-electron chi connectivity index (χ1n) is 8.37. The number of pyridine rings is 1. The number of para-hydroxylation sites is 2. The Morgan fingerprint density at radius 1 is 1.21 bits per heavy atom. The molecule has 1 aromatic heterocycles. The van der Waals surface area contributed by atoms with E-state index in [-0.39, 0.29) is 42.2 Å². The van der Waals surface area contributed by atoms with Crippen molar-refractivity contribution in [2.45, 2.75) is 32.7 Å². The number of ether oxygens (including phenoxy) is 2. The Hall–Kier alpha value is -2.24. The number of nitrogens with one attached hydrogen (secondary N) is 1. The summed E-state index contributed by atoms with van der Waals surface area (Å²) in [5.41, 5.74) is 6.58. The first-order chi connectivity index (χ1) is 12.9. The minimum absolute atomic E-state index is 0. The fraction of sp³-hybridized carbons (Fsp3) is 0.333. The molecule has 2 rings (SSSR count). The van der Waals surface area contributed by atoms with E-state index in [1.54, 1.807) is 24.4 Å². The van der Waals surface area contributed by atoms with Gasteiger partial charge < -0.3 is 20.5 Å². The van der Waals surface area contributed by atoms with Crippen LogP contribution in [0.15, 0.2) is 47.6 Å². The quantitative estimate of drug-likeness (QED) is 0.233. The largest absolute Gasteiger partial charge is 0.573 e. The Kier molecular flexibility index (Phi) is 9.83. The molecule has 0 aliphatic carbocycles. The number of halogens is 4. The van der Waals surface area contributed by atoms with Crippen molar-refractivity contribution in [2.75, 3.05) is 11.9 Å². The normalized spacial score (nSPS) is 11.5. The van der Waals surface area contributed by atoms with E-state index in [1.807, 2.05) is 0 Å². The van der Waals surface area contributed by atoms with Gasteiger partial charge in [0.15, 0.2) is 11.7 Å². The van der Waals surface area contributed by atoms with Crippen LogP contribution in [0.5, 0.6) is 11.6 Å². The number of benzene rings is 1. The summed E-state index contributed by atoms with van der Waals surface area (Å²) in [6.45, 7) is 2.76. The van der Waals surface area contributed by atoms with Gasteiger partial charge in [0, 0.05) is 11.8 Å². The molecular weight excluding hydrogens is 488 g/mol. The van der Waals surface area contributed by atoms with Crippen LogP contribution < -0.4 is 20.5 Å². The van der Waals surface area contributed by atoms with Crippen molar-refractivity contribution in [1.29, 1.82) is 0 Å². The number of unbranched alkanes of at least 4 members (excludes halogenated alkanes) is 1. The Balaban J connectivity index is 0.00000392. The molecule has 0 aliphatic rings. The molecule has 0 amide bonds. The van der Waals surface area contributed by atoms with Crippen LogP contribution in [0.1, 0.15) is 25.3 Å². The smallest absolute Gasteiger partial charge is 0.477 e. The van der Waals surface area contributed by atoms with E-state index >= 15 is 0 Å². The molecule has 0 aliphatic heterocycles. The SMILES string of the molecule is CCCCOc1ncccc1CN=C(N)Nc1ccccc1OC(F)(F)F.I. The number of nitrogens with zero attached hydrogens (tertiary/aromatic N) is 2. The maximum atomic E-state index is 12.5. The Morgan fingerprint density at radius 3 is 2.68 bits per heavy atom. The van der Waals surface area contributed by atoms with Crippen molar-refractivity contribution >= 4 is 35.6 Å². The average molecular weight is 510 g/mol. The van der Waals surface area contributed by atoms with Crippen LogP contribution in [0.4, 0.5) is 18.9 Å². The number of rotatable bonds is 8. The summed E-state index contributed by atoms with van der Waals surface area (Å²) in [5, 5.41) is 2.62. The second-order valence-corrected chi connectivity index (χ2v) is 5.54. The van der Waals surface area contributed by atoms with Crippen LogP contribution in [0, 0.1) is 0 Å². The van der Waals surface area contributed by atoms with Crippen LogP contribution >= 0.6 is 24.0 Å². The Morgan fingerprint density at radius 2 is 1.96 bits per heavy atom. The van der Waals surface area contributed by atoms with Crippen molar-refractivity contribution < 1.29 is 22.6 Å². The van der Waals surface area contributed by atoms with Crippen molar-refractivity contribution in [3.05, 3.63) is 48.2 Å². The molecule has 0 radical (unpaired) electrons. The van der Waals surface area contributed by atoms with Gasteiger partial charge in [-0.25, -0.2) is 9.98 Å². The van der Waals surface area contributed by atoms with E-state index in [2.05, 4.69) is 27.0 Å². The molecule has 0 atom stereocenters. The number of alkyl halides is 3. The highest BCUT2D eigenvalue weighted by Crippen LogP contribution is 2.29. The lowest BCUT2D eigenvalue weighted by molar-refractivity contribution is -0.274. The van der Waals surface area contributed by atoms with Gasteiger partial charge in [-0.3, -0.25) is 0 Å². The van der Waals surface area contributed by atoms with Gasteiger partial charge >= 0.3 is 6.36 Å². The number of hydrogen-bond acceptors (Lipinski definition) is 4. The zero-order valence-electron chi connectivity index (χ0n) is 15.2. The lowest BCUT2D eigenvalue weighted by Crippen LogP contribution is -2.24. The van der Waals surface area contributed by atoms with E-state index < -0.39 is 12.1 Å². The summed E-state index contributed by atoms with van der Waals surface area (Å²) in [6.07, 6.45) is -1.29. The molecule has 6 nitrogen and oxygen atoms in total. The minimum atomic E-state index is -4.80. The van der Waals surface area contributed by atoms with E-state index in [4.69, 9.17) is 10.5 Å². The van der Waals surface area contributed by atoms with Gasteiger partial charge in [0.1, 0.15) is 0 Å². The summed E-state index contributed by atoms with van der Waals surface area (Å²) in [4.78, 5) is 8.31. The third-order valence-electron chi connectivity index (χ3n) is 3.38. The third kappa shape index (κ3) is 8.19. The van der Waals surface area contributed by atoms with Gasteiger partial charge in [0.05, 0.1) is 18.8 Å². The first-order valence-corrected chi connectivity index (χ1v) is 8.37. The summed E-state index contributed by atoms with van der Waals surface area (Å²) < 4.78 is 47.0. The predicted octanol–water partition coefficient (Wildman–Crippen LogP) is 4.70. The molecule has 10 heteroatoms. The third-order valence-corrected chi connectivity index (χ3v) is 3.38. The van der Waals surface area contributed by atoms with Crippen molar-refractivity contribution in [3.8, 4) is 11.6 Å². The van der Waals surface area contributed by atoms with Gasteiger partial charge in [-0.2, -0.15) is 0 Å². The number of hydrogen-bond donors (Lipinski definition) is 2. The molecule has 0 unspecified atom stereocenters. The molecular formula is C18H22F3IN4O2. The van der Waals surface area contributed by atoms with Gasteiger partial charge in [0.25, 0.3) is 0 Å². The van der Waals surface area contributed by atoms with E-state index in [1.165, 1.54) is 18.2 Å². The number of aromatic nitrogens is 1. The van der Waals surface area contributed by atoms with Gasteiger partial charge in [0.2, 0.25) is 5.88 Å². The van der Waals surface area contributed by atoms with Crippen LogP contribution in [-0.2, 0) is 6.54 Å². The summed E-state index contributed by atoms with van der Waals surface area (Å²) in [7, 11) is 0. The second kappa shape index (κ2) is 11.6. The molecule has 0 spiro atoms. The fourth-order valence-electron chi connectivity index (χ4n) is 2.12. The van der Waals surface area contributed by atoms with Crippen LogP contribution in [0.25, 0.3) is 0 Å². The van der Waals surface area contributed by atoms with Crippen molar-refractivity contribution in [2.24, 2.45) is 10.7 Å². The van der Waals surface area contributed by atoms with E-state index in [0.717, 1.165) is 18.4 Å². The van der Waals surface area contributed by atoms with Gasteiger partial charge in [-0.05, 0) is 24.6 Å². The zero-order valence-corrected chi connectivity index (χ0v) is 17.5. The topological polar surface area (TPSA) is 81.8 Å². The number of aliphatic imine (C=N–C) groups is 1. The fourth-order valence-corrected chi connectivity index (χ4v) is 2.12. The van der Waals surface area contributed by atoms with E-state index in [0.29, 0.717) is 12.5 Å². The summed E-state index contributed by atoms with van der Waals surface area (Å²) in [5.74, 6) is 0.00741. The van der Waals surface area contributed by atoms with Crippen LogP contribution in [0.3, 0.4) is 0 Å². The summed E-state index contributed by atoms with van der Waals surface area (Å²) >= 11 is 0. The molecule has 0 bridgehead atoms. The molecule has 3 N–H and O–H groups in total. The molecule has 154 valence electrons. The second-order valence-electron chi connectivity index (χ2n) is 5.54. The lowest BCUT2D eigenvalue weighted by Gasteiger charge is -2.14. The molecule has 0 saturated heterocycles. The Bertz CT molecular complexity index is 772. The highest BCUT2D eigenvalue weighted by atomic mass is 127. The number of nitrogens with two attached hydrogens (primary N) is 1. The number of guanidine groups is 1. The van der Waals surface area contributed by atoms with Crippen molar-refractivity contribution in [3.63, 3.8) is 0 Å². The maximum Gasteiger partial charge on any atom is 0.573 e. The Labute approximate surface area is 178 Å². The molecule has 28 heavy (non-hydrogen) atoms. The van der Waals surface area contributed by atoms with Gasteiger partial charge in [-0.1, -0.05) is 31.5 Å². The van der Waals surface area contributed by atoms with E-state index in [9.17, 15) is 13.2 Å². The standard InChI is InChI=1S/C18H21F3N4O2.HI/c1-2-3-11-26-16-13(7-6-10-23-16)12-24-17(22)25-14-8-4-5-9-15(14)27-18(19,20)21;/h4-10H,2-3,11-12H2,1H3,(H3,22,24,25);1H.